The molecular formula is C25H34N2O2. The quantitative estimate of drug-likeness (QED) is 0.697. The van der Waals surface area contributed by atoms with Crippen LogP contribution in [0.15, 0.2) is 30.3 Å². The Labute approximate surface area is 175 Å². The minimum absolute atomic E-state index is 0.0259. The molecule has 2 aliphatic carbocycles. The summed E-state index contributed by atoms with van der Waals surface area (Å²) in [6, 6.07) is 8.69. The van der Waals surface area contributed by atoms with E-state index in [-0.39, 0.29) is 24.3 Å². The molecule has 0 aliphatic heterocycles. The van der Waals surface area contributed by atoms with Gasteiger partial charge in [0.2, 0.25) is 5.91 Å². The minimum Gasteiger partial charge on any atom is -0.354 e. The molecule has 4 heteroatoms. The van der Waals surface area contributed by atoms with Gasteiger partial charge in [0.15, 0.2) is 0 Å². The van der Waals surface area contributed by atoms with E-state index >= 15 is 0 Å². The highest BCUT2D eigenvalue weighted by Gasteiger charge is 2.37. The molecule has 3 rings (SSSR count). The summed E-state index contributed by atoms with van der Waals surface area (Å²) in [5, 5.41) is 3.19. The van der Waals surface area contributed by atoms with Crippen LogP contribution in [0.4, 0.5) is 0 Å². The summed E-state index contributed by atoms with van der Waals surface area (Å²) in [6.45, 7) is 0.872. The Bertz CT molecular complexity index is 697. The van der Waals surface area contributed by atoms with E-state index in [9.17, 15) is 9.59 Å². The Morgan fingerprint density at radius 2 is 1.62 bits per heavy atom. The Morgan fingerprint density at radius 1 is 1.00 bits per heavy atom. The van der Waals surface area contributed by atoms with Crippen molar-refractivity contribution in [3.05, 3.63) is 35.9 Å². The number of carbonyl (C=O) groups excluding carboxylic acids is 2. The molecule has 29 heavy (non-hydrogen) atoms. The first-order valence-corrected chi connectivity index (χ1v) is 11.3. The third-order valence-electron chi connectivity index (χ3n) is 6.53. The van der Waals surface area contributed by atoms with E-state index in [0.717, 1.165) is 25.7 Å². The second kappa shape index (κ2) is 11.0. The monoisotopic (exact) mass is 394 g/mol. The van der Waals surface area contributed by atoms with Crippen LogP contribution in [0.2, 0.25) is 0 Å². The molecule has 1 aromatic carbocycles. The van der Waals surface area contributed by atoms with Crippen LogP contribution in [0, 0.1) is 24.2 Å². The third kappa shape index (κ3) is 5.85. The molecular weight excluding hydrogens is 360 g/mol. The maximum absolute atomic E-state index is 13.4. The fourth-order valence-corrected chi connectivity index (χ4v) is 4.94. The van der Waals surface area contributed by atoms with E-state index in [2.05, 4.69) is 11.2 Å². The van der Waals surface area contributed by atoms with Gasteiger partial charge in [0, 0.05) is 12.1 Å². The molecule has 1 atom stereocenters. The average molecular weight is 395 g/mol. The molecule has 0 aromatic heterocycles. The molecule has 1 unspecified atom stereocenters. The Balaban J connectivity index is 1.78. The van der Waals surface area contributed by atoms with Crippen molar-refractivity contribution < 1.29 is 9.59 Å². The van der Waals surface area contributed by atoms with Crippen LogP contribution >= 0.6 is 0 Å². The maximum Gasteiger partial charge on any atom is 0.255 e. The number of nitrogens with zero attached hydrogens (tertiary/aromatic N) is 1. The zero-order valence-corrected chi connectivity index (χ0v) is 17.4. The smallest absolute Gasteiger partial charge is 0.255 e. The molecule has 0 spiro atoms. The minimum atomic E-state index is -0.484. The summed E-state index contributed by atoms with van der Waals surface area (Å²) < 4.78 is 0. The first-order valence-electron chi connectivity index (χ1n) is 11.3. The van der Waals surface area contributed by atoms with Crippen molar-refractivity contribution in [3.8, 4) is 12.3 Å². The first kappa shape index (κ1) is 21.4. The number of amides is 2. The van der Waals surface area contributed by atoms with E-state index in [1.807, 2.05) is 18.2 Å². The Hall–Kier alpha value is -2.28. The SMILES string of the molecule is C#CCN(C(=O)c1ccccc1)C(C(=O)NCC1CCCCC1)C1CCCCC1. The zero-order chi connectivity index (χ0) is 20.5. The third-order valence-corrected chi connectivity index (χ3v) is 6.53. The van der Waals surface area contributed by atoms with E-state index in [1.165, 1.54) is 38.5 Å². The molecule has 2 fully saturated rings. The number of hydrogen-bond acceptors (Lipinski definition) is 2. The molecule has 2 saturated carbocycles. The number of nitrogens with one attached hydrogen (secondary N) is 1. The van der Waals surface area contributed by atoms with Crippen LogP contribution in [0.3, 0.4) is 0 Å². The van der Waals surface area contributed by atoms with Crippen molar-refractivity contribution in [2.24, 2.45) is 11.8 Å². The Kier molecular flexibility index (Phi) is 8.16. The van der Waals surface area contributed by atoms with Gasteiger partial charge in [-0.3, -0.25) is 9.59 Å². The number of benzene rings is 1. The van der Waals surface area contributed by atoms with Crippen LogP contribution in [-0.2, 0) is 4.79 Å². The van der Waals surface area contributed by atoms with Gasteiger partial charge in [0.25, 0.3) is 5.91 Å². The molecule has 2 aliphatic rings. The number of hydrogen-bond donors (Lipinski definition) is 1. The molecule has 4 nitrogen and oxygen atoms in total. The maximum atomic E-state index is 13.4. The highest BCUT2D eigenvalue weighted by molar-refractivity contribution is 5.97. The molecule has 0 heterocycles. The first-order chi connectivity index (χ1) is 14.2. The summed E-state index contributed by atoms with van der Waals surface area (Å²) in [7, 11) is 0. The predicted molar refractivity (Wildman–Crippen MR) is 116 cm³/mol. The van der Waals surface area contributed by atoms with E-state index in [0.29, 0.717) is 18.0 Å². The standard InChI is InChI=1S/C25H34N2O2/c1-2-18-27(25(29)22-16-10-5-11-17-22)23(21-14-8-4-9-15-21)24(28)26-19-20-12-6-3-7-13-20/h1,5,10-11,16-17,20-21,23H,3-4,6-9,12-15,18-19H2,(H,26,28). The van der Waals surface area contributed by atoms with Crippen LogP contribution < -0.4 is 5.32 Å². The zero-order valence-electron chi connectivity index (χ0n) is 17.4. The van der Waals surface area contributed by atoms with Gasteiger partial charge in [-0.05, 0) is 49.7 Å². The fourth-order valence-electron chi connectivity index (χ4n) is 4.94. The normalized spacial score (nSPS) is 19.1. The summed E-state index contributed by atoms with van der Waals surface area (Å²) in [4.78, 5) is 28.3. The lowest BCUT2D eigenvalue weighted by molar-refractivity contribution is -0.128. The fraction of sp³-hybridized carbons (Fsp3) is 0.600. The van der Waals surface area contributed by atoms with Crippen LogP contribution in [0.5, 0.6) is 0 Å². The second-order valence-electron chi connectivity index (χ2n) is 8.60. The van der Waals surface area contributed by atoms with Gasteiger partial charge in [-0.25, -0.2) is 0 Å². The van der Waals surface area contributed by atoms with Crippen LogP contribution in [0.25, 0.3) is 0 Å². The van der Waals surface area contributed by atoms with E-state index in [4.69, 9.17) is 6.42 Å². The van der Waals surface area contributed by atoms with Crippen molar-refractivity contribution in [2.75, 3.05) is 13.1 Å². The number of carbonyl (C=O) groups is 2. The summed E-state index contributed by atoms with van der Waals surface area (Å²) >= 11 is 0. The average Bonchev–Trinajstić information content (AvgIpc) is 2.79. The lowest BCUT2D eigenvalue weighted by Gasteiger charge is -2.37. The largest absolute Gasteiger partial charge is 0.354 e. The molecule has 156 valence electrons. The highest BCUT2D eigenvalue weighted by atomic mass is 16.2. The molecule has 2 amide bonds. The van der Waals surface area contributed by atoms with Gasteiger partial charge < -0.3 is 10.2 Å². The Morgan fingerprint density at radius 3 is 2.24 bits per heavy atom. The molecule has 1 aromatic rings. The molecule has 0 radical (unpaired) electrons. The molecule has 1 N–H and O–H groups in total. The van der Waals surface area contributed by atoms with Gasteiger partial charge >= 0.3 is 0 Å². The van der Waals surface area contributed by atoms with Gasteiger partial charge in [0.05, 0.1) is 6.54 Å². The van der Waals surface area contributed by atoms with Crippen molar-refractivity contribution in [1.29, 1.82) is 0 Å². The van der Waals surface area contributed by atoms with Crippen LogP contribution in [0.1, 0.15) is 74.6 Å². The second-order valence-corrected chi connectivity index (χ2v) is 8.60. The van der Waals surface area contributed by atoms with E-state index in [1.54, 1.807) is 17.0 Å². The predicted octanol–water partition coefficient (Wildman–Crippen LogP) is 4.41. The summed E-state index contributed by atoms with van der Waals surface area (Å²) in [6.07, 6.45) is 17.2. The molecule has 0 bridgehead atoms. The summed E-state index contributed by atoms with van der Waals surface area (Å²) in [5.74, 6) is 3.19. The van der Waals surface area contributed by atoms with Gasteiger partial charge in [-0.2, -0.15) is 0 Å². The highest BCUT2D eigenvalue weighted by Crippen LogP contribution is 2.30. The summed E-state index contributed by atoms with van der Waals surface area (Å²) in [5.41, 5.74) is 0.587. The van der Waals surface area contributed by atoms with Crippen molar-refractivity contribution >= 4 is 11.8 Å². The van der Waals surface area contributed by atoms with Crippen molar-refractivity contribution in [2.45, 2.75) is 70.3 Å². The molecule has 0 saturated heterocycles. The number of terminal acetylenes is 1. The van der Waals surface area contributed by atoms with Crippen LogP contribution in [-0.4, -0.2) is 35.8 Å². The van der Waals surface area contributed by atoms with E-state index < -0.39 is 6.04 Å². The van der Waals surface area contributed by atoms with Crippen molar-refractivity contribution in [1.82, 2.24) is 10.2 Å². The van der Waals surface area contributed by atoms with Gasteiger partial charge in [-0.1, -0.05) is 62.6 Å². The lowest BCUT2D eigenvalue weighted by Crippen LogP contribution is -2.54. The van der Waals surface area contributed by atoms with Crippen molar-refractivity contribution in [3.63, 3.8) is 0 Å². The number of rotatable bonds is 7. The van der Waals surface area contributed by atoms with Gasteiger partial charge in [-0.15, -0.1) is 6.42 Å². The topological polar surface area (TPSA) is 49.4 Å². The van der Waals surface area contributed by atoms with Gasteiger partial charge in [0.1, 0.15) is 6.04 Å². The lowest BCUT2D eigenvalue weighted by atomic mass is 9.82.